The van der Waals surface area contributed by atoms with Gasteiger partial charge in [-0.2, -0.15) is 0 Å². The molecule has 2 saturated heterocycles. The average Bonchev–Trinajstić information content (AvgIpc) is 2.41. The zero-order valence-corrected chi connectivity index (χ0v) is 6.39. The number of rotatable bonds is 0. The summed E-state index contributed by atoms with van der Waals surface area (Å²) in [6.45, 7) is 3.14. The lowest BCUT2D eigenvalue weighted by Crippen LogP contribution is -2.31. The van der Waals surface area contributed by atoms with Crippen LogP contribution >= 0.6 is 0 Å². The minimum absolute atomic E-state index is 0.201. The second-order valence-electron chi connectivity index (χ2n) is 3.53. The summed E-state index contributed by atoms with van der Waals surface area (Å²) in [7, 11) is 0. The highest BCUT2D eigenvalue weighted by molar-refractivity contribution is 4.95. The van der Waals surface area contributed by atoms with Gasteiger partial charge >= 0.3 is 0 Å². The zero-order valence-electron chi connectivity index (χ0n) is 6.39. The van der Waals surface area contributed by atoms with Gasteiger partial charge in [-0.05, 0) is 32.7 Å². The molecule has 1 nitrogen and oxygen atoms in total. The van der Waals surface area contributed by atoms with Gasteiger partial charge in [0, 0.05) is 12.1 Å². The number of alkyl halides is 1. The van der Waals surface area contributed by atoms with Crippen molar-refractivity contribution in [2.24, 2.45) is 0 Å². The Bertz CT molecular complexity index is 135. The highest BCUT2D eigenvalue weighted by Crippen LogP contribution is 2.33. The van der Waals surface area contributed by atoms with Crippen molar-refractivity contribution >= 4 is 0 Å². The maximum absolute atomic E-state index is 13.0. The Kier molecular flexibility index (Phi) is 1.44. The van der Waals surface area contributed by atoms with Gasteiger partial charge < -0.3 is 0 Å². The van der Waals surface area contributed by atoms with E-state index in [0.29, 0.717) is 6.04 Å². The molecule has 58 valence electrons. The third kappa shape index (κ3) is 0.782. The van der Waals surface area contributed by atoms with Crippen molar-refractivity contribution in [1.29, 1.82) is 0 Å². The van der Waals surface area contributed by atoms with E-state index in [-0.39, 0.29) is 6.04 Å². The van der Waals surface area contributed by atoms with Crippen LogP contribution in [0.15, 0.2) is 0 Å². The Balaban J connectivity index is 2.09. The SMILES string of the molecule is C[C@H]1[C@H](F)CC2CCCN21. The molecule has 0 N–H and O–H groups in total. The van der Waals surface area contributed by atoms with Crippen LogP contribution in [0.4, 0.5) is 4.39 Å². The Hall–Kier alpha value is -0.110. The minimum Gasteiger partial charge on any atom is -0.295 e. The van der Waals surface area contributed by atoms with Crippen LogP contribution in [0.1, 0.15) is 26.2 Å². The smallest absolute Gasteiger partial charge is 0.117 e. The predicted molar refractivity (Wildman–Crippen MR) is 38.7 cm³/mol. The number of hydrogen-bond donors (Lipinski definition) is 0. The van der Waals surface area contributed by atoms with Crippen LogP contribution in [-0.2, 0) is 0 Å². The first kappa shape index (κ1) is 6.59. The number of halogens is 1. The molecule has 2 fully saturated rings. The molecule has 0 aliphatic carbocycles. The monoisotopic (exact) mass is 143 g/mol. The van der Waals surface area contributed by atoms with Gasteiger partial charge in [-0.25, -0.2) is 4.39 Å². The standard InChI is InChI=1S/C8H14FN/c1-6-8(9)5-7-3-2-4-10(6)7/h6-8H,2-5H2,1H3/t6-,7?,8+/m0/s1. The lowest BCUT2D eigenvalue weighted by Gasteiger charge is -2.19. The molecule has 0 aromatic carbocycles. The van der Waals surface area contributed by atoms with Crippen LogP contribution in [0.25, 0.3) is 0 Å². The van der Waals surface area contributed by atoms with E-state index in [9.17, 15) is 4.39 Å². The summed E-state index contributed by atoms with van der Waals surface area (Å²) in [5, 5.41) is 0. The van der Waals surface area contributed by atoms with Gasteiger partial charge in [0.2, 0.25) is 0 Å². The third-order valence-electron chi connectivity index (χ3n) is 2.97. The van der Waals surface area contributed by atoms with Crippen LogP contribution in [0.3, 0.4) is 0 Å². The molecule has 0 radical (unpaired) electrons. The summed E-state index contributed by atoms with van der Waals surface area (Å²) >= 11 is 0. The average molecular weight is 143 g/mol. The summed E-state index contributed by atoms with van der Waals surface area (Å²) in [6.07, 6.45) is 2.75. The summed E-state index contributed by atoms with van der Waals surface area (Å²) in [5.41, 5.74) is 0. The quantitative estimate of drug-likeness (QED) is 0.497. The van der Waals surface area contributed by atoms with Crippen LogP contribution in [0.5, 0.6) is 0 Å². The molecule has 1 unspecified atom stereocenters. The molecular formula is C8H14FN. The van der Waals surface area contributed by atoms with Crippen molar-refractivity contribution in [3.63, 3.8) is 0 Å². The number of nitrogens with zero attached hydrogens (tertiary/aromatic N) is 1. The van der Waals surface area contributed by atoms with Gasteiger partial charge in [-0.15, -0.1) is 0 Å². The van der Waals surface area contributed by atoms with Gasteiger partial charge in [0.05, 0.1) is 0 Å². The number of fused-ring (bicyclic) bond motifs is 1. The molecule has 2 rings (SSSR count). The van der Waals surface area contributed by atoms with Crippen LogP contribution < -0.4 is 0 Å². The molecule has 0 amide bonds. The molecular weight excluding hydrogens is 129 g/mol. The van der Waals surface area contributed by atoms with E-state index in [1.807, 2.05) is 6.92 Å². The fraction of sp³-hybridized carbons (Fsp3) is 1.00. The van der Waals surface area contributed by atoms with Crippen molar-refractivity contribution in [3.05, 3.63) is 0 Å². The van der Waals surface area contributed by atoms with E-state index < -0.39 is 6.17 Å². The topological polar surface area (TPSA) is 3.24 Å². The van der Waals surface area contributed by atoms with Crippen molar-refractivity contribution in [2.45, 2.75) is 44.4 Å². The molecule has 10 heavy (non-hydrogen) atoms. The van der Waals surface area contributed by atoms with E-state index in [4.69, 9.17) is 0 Å². The Morgan fingerprint density at radius 2 is 2.30 bits per heavy atom. The lowest BCUT2D eigenvalue weighted by atomic mass is 10.1. The second-order valence-corrected chi connectivity index (χ2v) is 3.53. The molecule has 0 aromatic heterocycles. The van der Waals surface area contributed by atoms with Gasteiger partial charge in [-0.3, -0.25) is 4.90 Å². The zero-order chi connectivity index (χ0) is 7.14. The predicted octanol–water partition coefficient (Wildman–Crippen LogP) is 1.58. The minimum atomic E-state index is -0.551. The van der Waals surface area contributed by atoms with Crippen molar-refractivity contribution in [1.82, 2.24) is 4.90 Å². The lowest BCUT2D eigenvalue weighted by molar-refractivity contribution is 0.210. The molecule has 2 aliphatic heterocycles. The molecule has 0 saturated carbocycles. The van der Waals surface area contributed by atoms with E-state index in [2.05, 4.69) is 4.90 Å². The Labute approximate surface area is 61.2 Å². The van der Waals surface area contributed by atoms with Crippen molar-refractivity contribution in [3.8, 4) is 0 Å². The fourth-order valence-electron chi connectivity index (χ4n) is 2.31. The highest BCUT2D eigenvalue weighted by atomic mass is 19.1. The molecule has 2 heteroatoms. The fourth-order valence-corrected chi connectivity index (χ4v) is 2.31. The van der Waals surface area contributed by atoms with Gasteiger partial charge in [0.15, 0.2) is 0 Å². The molecule has 0 spiro atoms. The van der Waals surface area contributed by atoms with Crippen LogP contribution in [0, 0.1) is 0 Å². The highest BCUT2D eigenvalue weighted by Gasteiger charge is 2.40. The van der Waals surface area contributed by atoms with Gasteiger partial charge in [0.25, 0.3) is 0 Å². The van der Waals surface area contributed by atoms with E-state index in [1.54, 1.807) is 0 Å². The maximum atomic E-state index is 13.0. The molecule has 3 atom stereocenters. The van der Waals surface area contributed by atoms with E-state index in [1.165, 1.54) is 12.8 Å². The maximum Gasteiger partial charge on any atom is 0.117 e. The third-order valence-corrected chi connectivity index (χ3v) is 2.97. The first-order valence-electron chi connectivity index (χ1n) is 4.19. The van der Waals surface area contributed by atoms with Crippen molar-refractivity contribution < 1.29 is 4.39 Å². The second kappa shape index (κ2) is 2.19. The Morgan fingerprint density at radius 3 is 3.00 bits per heavy atom. The van der Waals surface area contributed by atoms with E-state index in [0.717, 1.165) is 13.0 Å². The van der Waals surface area contributed by atoms with Crippen molar-refractivity contribution in [2.75, 3.05) is 6.54 Å². The molecule has 2 heterocycles. The number of hydrogen-bond acceptors (Lipinski definition) is 1. The first-order chi connectivity index (χ1) is 4.79. The largest absolute Gasteiger partial charge is 0.295 e. The van der Waals surface area contributed by atoms with Crippen LogP contribution in [0.2, 0.25) is 0 Å². The summed E-state index contributed by atoms with van der Waals surface area (Å²) in [6, 6.07) is 0.789. The van der Waals surface area contributed by atoms with E-state index >= 15 is 0 Å². The van der Waals surface area contributed by atoms with Gasteiger partial charge in [0.1, 0.15) is 6.17 Å². The Morgan fingerprint density at radius 1 is 1.50 bits per heavy atom. The molecule has 2 aliphatic rings. The van der Waals surface area contributed by atoms with Crippen LogP contribution in [-0.4, -0.2) is 29.7 Å². The summed E-state index contributed by atoms with van der Waals surface area (Å²) in [4.78, 5) is 2.32. The normalized spacial score (nSPS) is 48.0. The first-order valence-corrected chi connectivity index (χ1v) is 4.19. The summed E-state index contributed by atoms with van der Waals surface area (Å²) in [5.74, 6) is 0. The van der Waals surface area contributed by atoms with Gasteiger partial charge in [-0.1, -0.05) is 0 Å². The molecule has 0 bridgehead atoms. The molecule has 0 aromatic rings. The summed E-state index contributed by atoms with van der Waals surface area (Å²) < 4.78 is 13.0.